The highest BCUT2D eigenvalue weighted by molar-refractivity contribution is 7.89. The fourth-order valence-electron chi connectivity index (χ4n) is 2.89. The smallest absolute Gasteiger partial charge is 0.243 e. The molecule has 1 aliphatic heterocycles. The molecule has 0 spiro atoms. The number of sulfonamides is 1. The first kappa shape index (κ1) is 16.4. The van der Waals surface area contributed by atoms with Crippen molar-refractivity contribution >= 4 is 21.4 Å². The molecule has 0 radical (unpaired) electrons. The fraction of sp³-hybridized carbons (Fsp3) is 0.222. The van der Waals surface area contributed by atoms with Crippen molar-refractivity contribution in [3.05, 3.63) is 54.0 Å². The lowest BCUT2D eigenvalue weighted by atomic mass is 10.2. The monoisotopic (exact) mass is 371 g/mol. The van der Waals surface area contributed by atoms with Gasteiger partial charge in [0.05, 0.1) is 16.3 Å². The van der Waals surface area contributed by atoms with Gasteiger partial charge in [-0.1, -0.05) is 18.2 Å². The van der Waals surface area contributed by atoms with Crippen molar-refractivity contribution in [2.75, 3.05) is 13.1 Å². The summed E-state index contributed by atoms with van der Waals surface area (Å²) in [6.07, 6.45) is 3.62. The number of rotatable bonds is 4. The summed E-state index contributed by atoms with van der Waals surface area (Å²) in [7, 11) is -3.37. The molecule has 1 aliphatic rings. The molecule has 128 valence electrons. The van der Waals surface area contributed by atoms with Crippen LogP contribution in [-0.4, -0.2) is 35.8 Å². The van der Waals surface area contributed by atoms with Crippen LogP contribution < -0.4 is 0 Å². The first-order valence-corrected chi connectivity index (χ1v) is 10.4. The van der Waals surface area contributed by atoms with Crippen molar-refractivity contribution in [2.45, 2.75) is 17.7 Å². The molecule has 5 nitrogen and oxygen atoms in total. The zero-order valence-corrected chi connectivity index (χ0v) is 15.1. The van der Waals surface area contributed by atoms with Gasteiger partial charge in [0.15, 0.2) is 0 Å². The number of benzene rings is 1. The Morgan fingerprint density at radius 1 is 0.960 bits per heavy atom. The molecule has 1 saturated heterocycles. The van der Waals surface area contributed by atoms with Gasteiger partial charge < -0.3 is 0 Å². The number of aromatic nitrogens is 2. The molecule has 3 heterocycles. The minimum Gasteiger partial charge on any atom is -0.254 e. The molecular weight excluding hydrogens is 354 g/mol. The maximum atomic E-state index is 12.6. The average Bonchev–Trinajstić information content (AvgIpc) is 3.35. The van der Waals surface area contributed by atoms with Gasteiger partial charge in [0.1, 0.15) is 5.01 Å². The molecule has 4 rings (SSSR count). The van der Waals surface area contributed by atoms with E-state index in [4.69, 9.17) is 0 Å². The summed E-state index contributed by atoms with van der Waals surface area (Å²) in [4.78, 5) is 9.27. The van der Waals surface area contributed by atoms with Gasteiger partial charge in [-0.25, -0.2) is 13.4 Å². The maximum absolute atomic E-state index is 12.6. The quantitative estimate of drug-likeness (QED) is 0.702. The van der Waals surface area contributed by atoms with Crippen molar-refractivity contribution in [2.24, 2.45) is 0 Å². The van der Waals surface area contributed by atoms with Crippen molar-refractivity contribution < 1.29 is 8.42 Å². The molecule has 0 saturated carbocycles. The fourth-order valence-corrected chi connectivity index (χ4v) is 5.21. The molecule has 0 bridgehead atoms. The number of thiazole rings is 1. The average molecular weight is 371 g/mol. The van der Waals surface area contributed by atoms with Gasteiger partial charge in [-0.15, -0.1) is 11.3 Å². The zero-order chi connectivity index (χ0) is 17.3. The predicted octanol–water partition coefficient (Wildman–Crippen LogP) is 3.66. The Bertz CT molecular complexity index is 961. The van der Waals surface area contributed by atoms with Crippen LogP contribution in [0, 0.1) is 0 Å². The number of pyridine rings is 1. The summed E-state index contributed by atoms with van der Waals surface area (Å²) >= 11 is 1.53. The van der Waals surface area contributed by atoms with Crippen molar-refractivity contribution in [1.29, 1.82) is 0 Å². The van der Waals surface area contributed by atoms with Gasteiger partial charge in [-0.3, -0.25) is 4.98 Å². The normalized spacial score (nSPS) is 15.5. The molecule has 0 atom stereocenters. The maximum Gasteiger partial charge on any atom is 0.243 e. The lowest BCUT2D eigenvalue weighted by molar-refractivity contribution is 0.477. The Morgan fingerprint density at radius 2 is 1.72 bits per heavy atom. The van der Waals surface area contributed by atoms with E-state index in [2.05, 4.69) is 9.97 Å². The van der Waals surface area contributed by atoms with Crippen molar-refractivity contribution in [3.63, 3.8) is 0 Å². The molecule has 0 unspecified atom stereocenters. The van der Waals surface area contributed by atoms with Crippen LogP contribution in [0.15, 0.2) is 58.9 Å². The van der Waals surface area contributed by atoms with Crippen LogP contribution in [0.3, 0.4) is 0 Å². The Morgan fingerprint density at radius 3 is 2.40 bits per heavy atom. The van der Waals surface area contributed by atoms with E-state index in [0.717, 1.165) is 34.8 Å². The topological polar surface area (TPSA) is 63.2 Å². The first-order valence-electron chi connectivity index (χ1n) is 8.12. The van der Waals surface area contributed by atoms with Gasteiger partial charge in [-0.05, 0) is 37.1 Å². The summed E-state index contributed by atoms with van der Waals surface area (Å²) in [5, 5.41) is 2.82. The van der Waals surface area contributed by atoms with E-state index in [1.807, 2.05) is 35.7 Å². The third-order valence-corrected chi connectivity index (χ3v) is 7.02. The summed E-state index contributed by atoms with van der Waals surface area (Å²) in [5.74, 6) is 0. The van der Waals surface area contributed by atoms with Crippen LogP contribution in [0.4, 0.5) is 0 Å². The predicted molar refractivity (Wildman–Crippen MR) is 98.8 cm³/mol. The van der Waals surface area contributed by atoms with Crippen LogP contribution in [0.5, 0.6) is 0 Å². The van der Waals surface area contributed by atoms with Gasteiger partial charge in [0, 0.05) is 30.2 Å². The second-order valence-electron chi connectivity index (χ2n) is 5.89. The highest BCUT2D eigenvalue weighted by Crippen LogP contribution is 2.29. The minimum absolute atomic E-state index is 0.346. The van der Waals surface area contributed by atoms with Crippen LogP contribution in [0.2, 0.25) is 0 Å². The minimum atomic E-state index is -3.37. The molecule has 1 aromatic carbocycles. The van der Waals surface area contributed by atoms with Crippen LogP contribution >= 0.6 is 11.3 Å². The zero-order valence-electron chi connectivity index (χ0n) is 13.5. The molecule has 7 heteroatoms. The highest BCUT2D eigenvalue weighted by Gasteiger charge is 2.27. The lowest BCUT2D eigenvalue weighted by Gasteiger charge is -2.15. The van der Waals surface area contributed by atoms with E-state index < -0.39 is 10.0 Å². The second-order valence-corrected chi connectivity index (χ2v) is 8.68. The molecule has 1 fully saturated rings. The van der Waals surface area contributed by atoms with E-state index in [0.29, 0.717) is 18.0 Å². The molecule has 2 aromatic heterocycles. The van der Waals surface area contributed by atoms with Crippen LogP contribution in [-0.2, 0) is 10.0 Å². The largest absolute Gasteiger partial charge is 0.254 e. The summed E-state index contributed by atoms with van der Waals surface area (Å²) < 4.78 is 26.7. The number of hydrogen-bond donors (Lipinski definition) is 0. The van der Waals surface area contributed by atoms with E-state index in [9.17, 15) is 8.42 Å². The van der Waals surface area contributed by atoms with E-state index in [1.165, 1.54) is 11.3 Å². The highest BCUT2D eigenvalue weighted by atomic mass is 32.2. The van der Waals surface area contributed by atoms with Crippen LogP contribution in [0.25, 0.3) is 22.0 Å². The van der Waals surface area contributed by atoms with E-state index >= 15 is 0 Å². The molecule has 0 N–H and O–H groups in total. The van der Waals surface area contributed by atoms with Crippen LogP contribution in [0.1, 0.15) is 12.8 Å². The van der Waals surface area contributed by atoms with E-state index in [-0.39, 0.29) is 0 Å². The van der Waals surface area contributed by atoms with Gasteiger partial charge in [0.25, 0.3) is 0 Å². The van der Waals surface area contributed by atoms with Crippen molar-refractivity contribution in [1.82, 2.24) is 14.3 Å². The second kappa shape index (κ2) is 6.67. The molecule has 0 aliphatic carbocycles. The lowest BCUT2D eigenvalue weighted by Crippen LogP contribution is -2.27. The summed E-state index contributed by atoms with van der Waals surface area (Å²) in [6.45, 7) is 1.23. The van der Waals surface area contributed by atoms with Crippen molar-refractivity contribution in [3.8, 4) is 22.0 Å². The Labute approximate surface area is 151 Å². The molecule has 3 aromatic rings. The summed E-state index contributed by atoms with van der Waals surface area (Å²) in [5.41, 5.74) is 2.57. The third kappa shape index (κ3) is 3.22. The Balaban J connectivity index is 1.60. The SMILES string of the molecule is O=S(=O)(c1ccc(-c2csc(-c3ccccn3)n2)cc1)N1CCCC1. The molecular formula is C18H17N3O2S2. The standard InChI is InChI=1S/C18H17N3O2S2/c22-25(23,21-11-3-4-12-21)15-8-6-14(7-9-15)17-13-24-18(20-17)16-5-1-2-10-19-16/h1-2,5-10,13H,3-4,11-12H2. The number of nitrogens with zero attached hydrogens (tertiary/aromatic N) is 3. The third-order valence-electron chi connectivity index (χ3n) is 4.24. The number of hydrogen-bond acceptors (Lipinski definition) is 5. The molecule has 25 heavy (non-hydrogen) atoms. The molecule has 0 amide bonds. The van der Waals surface area contributed by atoms with E-state index in [1.54, 1.807) is 22.6 Å². The Hall–Kier alpha value is -2.09. The Kier molecular flexibility index (Phi) is 4.37. The van der Waals surface area contributed by atoms with Gasteiger partial charge >= 0.3 is 0 Å². The summed E-state index contributed by atoms with van der Waals surface area (Å²) in [6, 6.07) is 12.7. The van der Waals surface area contributed by atoms with Gasteiger partial charge in [-0.2, -0.15) is 4.31 Å². The van der Waals surface area contributed by atoms with Gasteiger partial charge in [0.2, 0.25) is 10.0 Å². The first-order chi connectivity index (χ1) is 12.1.